The van der Waals surface area contributed by atoms with Gasteiger partial charge in [0.25, 0.3) is 5.56 Å². The van der Waals surface area contributed by atoms with E-state index in [0.717, 1.165) is 28.8 Å². The molecule has 1 atom stereocenters. The number of benzene rings is 2. The summed E-state index contributed by atoms with van der Waals surface area (Å²) in [6.45, 7) is 1.08. The molecule has 0 saturated carbocycles. The van der Waals surface area contributed by atoms with Crippen LogP contribution in [-0.4, -0.2) is 40.2 Å². The second kappa shape index (κ2) is 9.62. The number of hydrogen-bond donors (Lipinski definition) is 1. The number of carbonyl (C=O) groups is 1. The number of amides is 1. The zero-order chi connectivity index (χ0) is 22.8. The van der Waals surface area contributed by atoms with Crippen molar-refractivity contribution in [1.29, 1.82) is 0 Å². The Morgan fingerprint density at radius 1 is 1.24 bits per heavy atom. The third-order valence-corrected chi connectivity index (χ3v) is 7.24. The molecule has 3 heterocycles. The fourth-order valence-electron chi connectivity index (χ4n) is 3.94. The maximum Gasteiger partial charge on any atom is 0.297 e. The molecule has 9 heteroatoms. The van der Waals surface area contributed by atoms with Crippen molar-refractivity contribution in [1.82, 2.24) is 9.55 Å². The molecule has 0 aliphatic carbocycles. The molecule has 0 radical (unpaired) electrons. The van der Waals surface area contributed by atoms with Crippen LogP contribution in [0.5, 0.6) is 0 Å². The minimum absolute atomic E-state index is 0.0474. The normalized spacial score (nSPS) is 16.0. The standard InChI is InChI=1S/C24H23N3O4S2/c1-32-17-8-4-6-15(12-17)25-20(28)14-33-24-26-21-18-9-2-3-10-19(18)31-22(21)23(29)27(24)13-16-7-5-11-30-16/h2-4,6,8-10,12,16H,5,7,11,13-14H2,1H3,(H,25,28). The zero-order valence-corrected chi connectivity index (χ0v) is 19.7. The first-order valence-corrected chi connectivity index (χ1v) is 12.9. The first kappa shape index (κ1) is 22.1. The lowest BCUT2D eigenvalue weighted by atomic mass is 10.2. The highest BCUT2D eigenvalue weighted by Gasteiger charge is 2.23. The summed E-state index contributed by atoms with van der Waals surface area (Å²) >= 11 is 2.86. The van der Waals surface area contributed by atoms with Gasteiger partial charge >= 0.3 is 0 Å². The van der Waals surface area contributed by atoms with Crippen molar-refractivity contribution in [2.24, 2.45) is 0 Å². The quantitative estimate of drug-likeness (QED) is 0.300. The summed E-state index contributed by atoms with van der Waals surface area (Å²) in [6, 6.07) is 15.2. The number of carbonyl (C=O) groups excluding carboxylic acids is 1. The molecule has 1 aliphatic rings. The van der Waals surface area contributed by atoms with Crippen molar-refractivity contribution in [3.05, 3.63) is 58.9 Å². The number of anilines is 1. The number of thioether (sulfide) groups is 2. The fourth-order valence-corrected chi connectivity index (χ4v) is 5.21. The molecule has 170 valence electrons. The van der Waals surface area contributed by atoms with E-state index in [1.165, 1.54) is 11.8 Å². The first-order valence-electron chi connectivity index (χ1n) is 10.7. The summed E-state index contributed by atoms with van der Waals surface area (Å²) in [5.41, 5.74) is 1.87. The summed E-state index contributed by atoms with van der Waals surface area (Å²) in [5, 5.41) is 4.20. The van der Waals surface area contributed by atoms with Gasteiger partial charge in [0.05, 0.1) is 18.4 Å². The van der Waals surface area contributed by atoms with Crippen molar-refractivity contribution in [2.45, 2.75) is 35.5 Å². The van der Waals surface area contributed by atoms with Crippen LogP contribution in [0.25, 0.3) is 22.1 Å². The number of rotatable bonds is 7. The van der Waals surface area contributed by atoms with E-state index in [1.807, 2.05) is 54.8 Å². The fraction of sp³-hybridized carbons (Fsp3) is 0.292. The van der Waals surface area contributed by atoms with Gasteiger partial charge in [-0.3, -0.25) is 14.2 Å². The Morgan fingerprint density at radius 3 is 2.94 bits per heavy atom. The number of hydrogen-bond acceptors (Lipinski definition) is 7. The summed E-state index contributed by atoms with van der Waals surface area (Å²) in [4.78, 5) is 31.9. The van der Waals surface area contributed by atoms with Crippen LogP contribution >= 0.6 is 23.5 Å². The number of nitrogens with zero attached hydrogens (tertiary/aromatic N) is 2. The van der Waals surface area contributed by atoms with Gasteiger partial charge in [-0.2, -0.15) is 0 Å². The highest BCUT2D eigenvalue weighted by atomic mass is 32.2. The van der Waals surface area contributed by atoms with Crippen molar-refractivity contribution in [3.63, 3.8) is 0 Å². The zero-order valence-electron chi connectivity index (χ0n) is 18.1. The molecule has 1 saturated heterocycles. The molecule has 5 rings (SSSR count). The van der Waals surface area contributed by atoms with E-state index >= 15 is 0 Å². The molecule has 1 amide bonds. The topological polar surface area (TPSA) is 86.4 Å². The Balaban J connectivity index is 1.45. The second-order valence-corrected chi connectivity index (χ2v) is 9.61. The van der Waals surface area contributed by atoms with Gasteiger partial charge in [0.2, 0.25) is 11.5 Å². The summed E-state index contributed by atoms with van der Waals surface area (Å²) in [5.74, 6) is -0.0312. The molecule has 0 spiro atoms. The SMILES string of the molecule is CSc1cccc(NC(=O)CSc2nc3c(oc4ccccc43)c(=O)n2CC2CCCO2)c1. The average molecular weight is 482 g/mol. The van der Waals surface area contributed by atoms with Crippen LogP contribution in [0.2, 0.25) is 0 Å². The lowest BCUT2D eigenvalue weighted by Crippen LogP contribution is -2.29. The van der Waals surface area contributed by atoms with Gasteiger partial charge in [0, 0.05) is 22.6 Å². The van der Waals surface area contributed by atoms with Crippen molar-refractivity contribution in [2.75, 3.05) is 23.9 Å². The largest absolute Gasteiger partial charge is 0.448 e. The van der Waals surface area contributed by atoms with E-state index in [2.05, 4.69) is 5.32 Å². The Kier molecular flexibility index (Phi) is 6.43. The Bertz CT molecular complexity index is 1380. The molecular weight excluding hydrogens is 458 g/mol. The molecule has 4 aromatic rings. The van der Waals surface area contributed by atoms with Gasteiger partial charge in [-0.05, 0) is 49.4 Å². The molecule has 0 bridgehead atoms. The van der Waals surface area contributed by atoms with Crippen LogP contribution in [0.3, 0.4) is 0 Å². The molecule has 2 aromatic heterocycles. The highest BCUT2D eigenvalue weighted by molar-refractivity contribution is 7.99. The smallest absolute Gasteiger partial charge is 0.297 e. The van der Waals surface area contributed by atoms with Crippen LogP contribution in [0, 0.1) is 0 Å². The lowest BCUT2D eigenvalue weighted by Gasteiger charge is -2.15. The van der Waals surface area contributed by atoms with Crippen molar-refractivity contribution in [3.8, 4) is 0 Å². The predicted molar refractivity (Wildman–Crippen MR) is 132 cm³/mol. The van der Waals surface area contributed by atoms with Crippen LogP contribution in [0.15, 0.2) is 67.8 Å². The minimum atomic E-state index is -0.248. The molecule has 1 fully saturated rings. The minimum Gasteiger partial charge on any atom is -0.448 e. The number of para-hydroxylation sites is 1. The van der Waals surface area contributed by atoms with Crippen molar-refractivity contribution < 1.29 is 13.9 Å². The van der Waals surface area contributed by atoms with E-state index in [1.54, 1.807) is 16.3 Å². The maximum absolute atomic E-state index is 13.4. The molecule has 1 N–H and O–H groups in total. The number of nitrogens with one attached hydrogen (secondary N) is 1. The average Bonchev–Trinajstić information content (AvgIpc) is 3.48. The van der Waals surface area contributed by atoms with E-state index in [-0.39, 0.29) is 28.9 Å². The van der Waals surface area contributed by atoms with E-state index in [0.29, 0.717) is 29.4 Å². The van der Waals surface area contributed by atoms with E-state index in [9.17, 15) is 9.59 Å². The van der Waals surface area contributed by atoms with E-state index in [4.69, 9.17) is 14.1 Å². The lowest BCUT2D eigenvalue weighted by molar-refractivity contribution is -0.113. The molecule has 1 aliphatic heterocycles. The van der Waals surface area contributed by atoms with Gasteiger partial charge in [-0.15, -0.1) is 11.8 Å². The third-order valence-electron chi connectivity index (χ3n) is 5.54. The van der Waals surface area contributed by atoms with Crippen LogP contribution < -0.4 is 10.9 Å². The van der Waals surface area contributed by atoms with Gasteiger partial charge < -0.3 is 14.5 Å². The Morgan fingerprint density at radius 2 is 2.12 bits per heavy atom. The second-order valence-electron chi connectivity index (χ2n) is 7.79. The van der Waals surface area contributed by atoms with E-state index < -0.39 is 0 Å². The predicted octanol–water partition coefficient (Wildman–Crippen LogP) is 4.77. The molecular formula is C24H23N3O4S2. The van der Waals surface area contributed by atoms with Crippen LogP contribution in [-0.2, 0) is 16.1 Å². The Hall–Kier alpha value is -2.75. The van der Waals surface area contributed by atoms with Gasteiger partial charge in [-0.25, -0.2) is 4.98 Å². The first-order chi connectivity index (χ1) is 16.1. The highest BCUT2D eigenvalue weighted by Crippen LogP contribution is 2.28. The number of ether oxygens (including phenoxy) is 1. The van der Waals surface area contributed by atoms with Crippen molar-refractivity contribution >= 4 is 57.2 Å². The van der Waals surface area contributed by atoms with Gasteiger partial charge in [0.15, 0.2) is 5.16 Å². The molecule has 1 unspecified atom stereocenters. The summed E-state index contributed by atoms with van der Waals surface area (Å²) in [7, 11) is 0. The van der Waals surface area contributed by atoms with Crippen LogP contribution in [0.1, 0.15) is 12.8 Å². The molecule has 33 heavy (non-hydrogen) atoms. The summed E-state index contributed by atoms with van der Waals surface area (Å²) < 4.78 is 13.2. The Labute approximate surface area is 198 Å². The maximum atomic E-state index is 13.4. The monoisotopic (exact) mass is 481 g/mol. The number of aromatic nitrogens is 2. The molecule has 2 aromatic carbocycles. The number of fused-ring (bicyclic) bond motifs is 3. The number of furan rings is 1. The van der Waals surface area contributed by atoms with Crippen LogP contribution in [0.4, 0.5) is 5.69 Å². The van der Waals surface area contributed by atoms with Gasteiger partial charge in [-0.1, -0.05) is 30.0 Å². The molecule has 7 nitrogen and oxygen atoms in total. The third kappa shape index (κ3) is 4.66. The van der Waals surface area contributed by atoms with Gasteiger partial charge in [0.1, 0.15) is 11.1 Å². The summed E-state index contributed by atoms with van der Waals surface area (Å²) in [6.07, 6.45) is 3.81.